The molecule has 1 unspecified atom stereocenters. The van der Waals surface area contributed by atoms with Gasteiger partial charge in [-0.1, -0.05) is 0 Å². The van der Waals surface area contributed by atoms with E-state index in [2.05, 4.69) is 9.47 Å². The van der Waals surface area contributed by atoms with Crippen molar-refractivity contribution in [2.75, 3.05) is 6.73 Å². The van der Waals surface area contributed by atoms with Crippen LogP contribution in [0, 0.1) is 10.1 Å². The number of hydrogen-bond donors (Lipinski definition) is 4. The molecule has 5 atom stereocenters. The molecule has 0 aromatic rings. The van der Waals surface area contributed by atoms with Gasteiger partial charge < -0.3 is 25.2 Å². The number of carboxylic acids is 1. The molecule has 1 rings (SSSR count). The van der Waals surface area contributed by atoms with Crippen molar-refractivity contribution in [2.24, 2.45) is 0 Å². The standard InChI is InChI=1S/C7H11NO9/c9-2-3(10)5(6(12)13)17-7(4(2)11)16-1-8(14)15/h2-5,7,9-11H,1H2,(H,12,13)/t2-,3-,4+,5-,7?/m0/s1. The Morgan fingerprint density at radius 1 is 1.29 bits per heavy atom. The number of carbonyl (C=O) groups is 1. The minimum atomic E-state index is -1.85. The summed E-state index contributed by atoms with van der Waals surface area (Å²) in [6.07, 6.45) is -8.98. The first-order valence-corrected chi connectivity index (χ1v) is 4.50. The third-order valence-electron chi connectivity index (χ3n) is 2.16. The van der Waals surface area contributed by atoms with Crippen LogP contribution >= 0.6 is 0 Å². The fraction of sp³-hybridized carbons (Fsp3) is 0.857. The van der Waals surface area contributed by atoms with E-state index in [-0.39, 0.29) is 0 Å². The minimum Gasteiger partial charge on any atom is -0.479 e. The average Bonchev–Trinajstić information content (AvgIpc) is 2.24. The van der Waals surface area contributed by atoms with Crippen molar-refractivity contribution in [3.8, 4) is 0 Å². The maximum Gasteiger partial charge on any atom is 0.335 e. The predicted molar refractivity (Wildman–Crippen MR) is 47.3 cm³/mol. The second kappa shape index (κ2) is 5.33. The van der Waals surface area contributed by atoms with Crippen LogP contribution in [0.1, 0.15) is 0 Å². The Morgan fingerprint density at radius 2 is 1.88 bits per heavy atom. The second-order valence-corrected chi connectivity index (χ2v) is 3.36. The number of carboxylic acid groups (broad SMARTS) is 1. The third kappa shape index (κ3) is 3.08. The largest absolute Gasteiger partial charge is 0.479 e. The van der Waals surface area contributed by atoms with Gasteiger partial charge in [-0.05, 0) is 0 Å². The van der Waals surface area contributed by atoms with Gasteiger partial charge in [-0.3, -0.25) is 14.9 Å². The summed E-state index contributed by atoms with van der Waals surface area (Å²) in [4.78, 5) is 19.8. The molecule has 17 heavy (non-hydrogen) atoms. The number of aliphatic hydroxyl groups excluding tert-OH is 3. The maximum absolute atomic E-state index is 10.6. The Hall–Kier alpha value is -1.33. The summed E-state index contributed by atoms with van der Waals surface area (Å²) in [6, 6.07) is 0. The molecule has 0 saturated carbocycles. The molecule has 0 aliphatic carbocycles. The molecule has 1 heterocycles. The van der Waals surface area contributed by atoms with Crippen LogP contribution in [0.15, 0.2) is 0 Å². The highest BCUT2D eigenvalue weighted by Gasteiger charge is 2.47. The van der Waals surface area contributed by atoms with Gasteiger partial charge >= 0.3 is 12.7 Å². The van der Waals surface area contributed by atoms with Gasteiger partial charge in [0, 0.05) is 4.92 Å². The highest BCUT2D eigenvalue weighted by Crippen LogP contribution is 2.22. The molecule has 10 nitrogen and oxygen atoms in total. The predicted octanol–water partition coefficient (Wildman–Crippen LogP) is -2.87. The Kier molecular flexibility index (Phi) is 4.31. The summed E-state index contributed by atoms with van der Waals surface area (Å²) < 4.78 is 9.06. The van der Waals surface area contributed by atoms with Gasteiger partial charge in [0.25, 0.3) is 0 Å². The first-order valence-electron chi connectivity index (χ1n) is 4.50. The molecule has 4 N–H and O–H groups in total. The van der Waals surface area contributed by atoms with E-state index in [0.29, 0.717) is 0 Å². The molecule has 0 bridgehead atoms. The van der Waals surface area contributed by atoms with E-state index in [1.807, 2.05) is 0 Å². The fourth-order valence-corrected chi connectivity index (χ4v) is 1.32. The van der Waals surface area contributed by atoms with Gasteiger partial charge in [-0.2, -0.15) is 0 Å². The zero-order chi connectivity index (χ0) is 13.2. The summed E-state index contributed by atoms with van der Waals surface area (Å²) in [5.41, 5.74) is 0. The van der Waals surface area contributed by atoms with Crippen molar-refractivity contribution in [3.05, 3.63) is 10.1 Å². The van der Waals surface area contributed by atoms with Gasteiger partial charge in [0.2, 0.25) is 0 Å². The zero-order valence-corrected chi connectivity index (χ0v) is 8.37. The second-order valence-electron chi connectivity index (χ2n) is 3.36. The monoisotopic (exact) mass is 253 g/mol. The van der Waals surface area contributed by atoms with Crippen LogP contribution in [0.5, 0.6) is 0 Å². The molecule has 10 heteroatoms. The number of aliphatic carboxylic acids is 1. The van der Waals surface area contributed by atoms with Gasteiger partial charge in [0.15, 0.2) is 12.4 Å². The topological polar surface area (TPSA) is 160 Å². The SMILES string of the molecule is O=C(O)[C@H]1OC(OC[N+](=O)[O-])[C@H](O)[C@@H](O)[C@@H]1O. The number of nitro groups is 1. The van der Waals surface area contributed by atoms with Crippen molar-refractivity contribution in [2.45, 2.75) is 30.7 Å². The molecular formula is C7H11NO9. The lowest BCUT2D eigenvalue weighted by Gasteiger charge is -2.37. The zero-order valence-electron chi connectivity index (χ0n) is 8.37. The first kappa shape index (κ1) is 13.7. The van der Waals surface area contributed by atoms with Crippen LogP contribution in [0.3, 0.4) is 0 Å². The number of aliphatic hydroxyl groups is 3. The summed E-state index contributed by atoms with van der Waals surface area (Å²) >= 11 is 0. The van der Waals surface area contributed by atoms with E-state index >= 15 is 0 Å². The minimum absolute atomic E-state index is 0.872. The molecule has 1 aliphatic rings. The van der Waals surface area contributed by atoms with Gasteiger partial charge in [0.1, 0.15) is 18.3 Å². The molecular weight excluding hydrogens is 242 g/mol. The Balaban J connectivity index is 2.71. The van der Waals surface area contributed by atoms with Crippen molar-refractivity contribution in [1.29, 1.82) is 0 Å². The number of rotatable bonds is 4. The van der Waals surface area contributed by atoms with Crippen molar-refractivity contribution < 1.29 is 39.6 Å². The molecule has 1 saturated heterocycles. The molecule has 0 radical (unpaired) electrons. The number of nitrogens with zero attached hydrogens (tertiary/aromatic N) is 1. The van der Waals surface area contributed by atoms with Crippen LogP contribution in [-0.2, 0) is 14.3 Å². The van der Waals surface area contributed by atoms with E-state index in [0.717, 1.165) is 0 Å². The highest BCUT2D eigenvalue weighted by molar-refractivity contribution is 5.73. The summed E-state index contributed by atoms with van der Waals surface area (Å²) in [6.45, 7) is -1.03. The molecule has 0 aromatic heterocycles. The molecule has 1 aliphatic heterocycles. The molecule has 0 spiro atoms. The number of hydrogen-bond acceptors (Lipinski definition) is 8. The molecule has 98 valence electrons. The van der Waals surface area contributed by atoms with Crippen LogP contribution in [0.4, 0.5) is 0 Å². The number of ether oxygens (including phenoxy) is 2. The van der Waals surface area contributed by atoms with E-state index in [1.165, 1.54) is 0 Å². The third-order valence-corrected chi connectivity index (χ3v) is 2.16. The fourth-order valence-electron chi connectivity index (χ4n) is 1.32. The summed E-state index contributed by atoms with van der Waals surface area (Å²) in [5, 5.41) is 46.6. The summed E-state index contributed by atoms with van der Waals surface area (Å²) in [7, 11) is 0. The van der Waals surface area contributed by atoms with Gasteiger partial charge in [0.05, 0.1) is 0 Å². The van der Waals surface area contributed by atoms with Crippen LogP contribution in [-0.4, -0.2) is 68.8 Å². The van der Waals surface area contributed by atoms with E-state index < -0.39 is 48.3 Å². The van der Waals surface area contributed by atoms with Gasteiger partial charge in [-0.15, -0.1) is 0 Å². The Bertz CT molecular complexity index is 308. The molecule has 1 fully saturated rings. The normalized spacial score (nSPS) is 37.7. The van der Waals surface area contributed by atoms with E-state index in [1.54, 1.807) is 0 Å². The van der Waals surface area contributed by atoms with Crippen LogP contribution in [0.25, 0.3) is 0 Å². The van der Waals surface area contributed by atoms with Crippen LogP contribution in [0.2, 0.25) is 0 Å². The van der Waals surface area contributed by atoms with Crippen LogP contribution < -0.4 is 0 Å². The lowest BCUT2D eigenvalue weighted by atomic mass is 9.99. The average molecular weight is 253 g/mol. The molecule has 0 amide bonds. The Morgan fingerprint density at radius 3 is 2.35 bits per heavy atom. The van der Waals surface area contributed by atoms with Gasteiger partial charge in [-0.25, -0.2) is 4.79 Å². The van der Waals surface area contributed by atoms with Crippen molar-refractivity contribution in [1.82, 2.24) is 0 Å². The lowest BCUT2D eigenvalue weighted by molar-refractivity contribution is -0.541. The lowest BCUT2D eigenvalue weighted by Crippen LogP contribution is -2.60. The van der Waals surface area contributed by atoms with Crippen molar-refractivity contribution >= 4 is 5.97 Å². The Labute approximate surface area is 94.1 Å². The van der Waals surface area contributed by atoms with E-state index in [9.17, 15) is 30.2 Å². The quantitative estimate of drug-likeness (QED) is 0.234. The molecule has 0 aromatic carbocycles. The smallest absolute Gasteiger partial charge is 0.335 e. The van der Waals surface area contributed by atoms with E-state index in [4.69, 9.17) is 5.11 Å². The summed E-state index contributed by atoms with van der Waals surface area (Å²) in [5.74, 6) is -1.59. The van der Waals surface area contributed by atoms with Crippen molar-refractivity contribution in [3.63, 3.8) is 0 Å². The maximum atomic E-state index is 10.6. The first-order chi connectivity index (χ1) is 7.84. The highest BCUT2D eigenvalue weighted by atomic mass is 16.7.